The van der Waals surface area contributed by atoms with E-state index in [0.29, 0.717) is 5.56 Å². The second-order valence-electron chi connectivity index (χ2n) is 6.57. The van der Waals surface area contributed by atoms with Crippen LogP contribution in [0.5, 0.6) is 0 Å². The molecule has 0 radical (unpaired) electrons. The maximum Gasteiger partial charge on any atom is 0.189 e. The Morgan fingerprint density at radius 1 is 1.22 bits per heavy atom. The third-order valence-electron chi connectivity index (χ3n) is 3.64. The fraction of sp³-hybridized carbons (Fsp3) is 0.278. The number of allylic oxidation sites excluding steroid dienone is 1. The van der Waals surface area contributed by atoms with Crippen molar-refractivity contribution >= 4 is 17.5 Å². The van der Waals surface area contributed by atoms with E-state index in [2.05, 4.69) is 30.9 Å². The number of aryl methyl sites for hydroxylation is 1. The third kappa shape index (κ3) is 3.08. The summed E-state index contributed by atoms with van der Waals surface area (Å²) >= 11 is 0. The molecule has 0 saturated carbocycles. The van der Waals surface area contributed by atoms with Gasteiger partial charge >= 0.3 is 0 Å². The number of imidazole rings is 1. The molecule has 3 aromatic rings. The Kier molecular flexibility index (Phi) is 3.64. The molecule has 0 aliphatic carbocycles. The van der Waals surface area contributed by atoms with Crippen LogP contribution in [0, 0.1) is 6.92 Å². The van der Waals surface area contributed by atoms with Gasteiger partial charge in [0.25, 0.3) is 0 Å². The van der Waals surface area contributed by atoms with Crippen LogP contribution in [0.3, 0.4) is 0 Å². The first-order chi connectivity index (χ1) is 10.8. The smallest absolute Gasteiger partial charge is 0.189 e. The first-order valence-corrected chi connectivity index (χ1v) is 7.57. The number of hydrogen-bond acceptors (Lipinski definition) is 3. The van der Waals surface area contributed by atoms with Crippen molar-refractivity contribution in [2.45, 2.75) is 33.2 Å². The first-order valence-electron chi connectivity index (χ1n) is 7.57. The number of carbonyl (C=O) groups excluding carboxylic acids is 1. The maximum absolute atomic E-state index is 12.4. The quantitative estimate of drug-likeness (QED) is 0.550. The minimum Gasteiger partial charge on any atom is -0.306 e. The molecule has 0 spiro atoms. The number of aromatic nitrogens is 4. The summed E-state index contributed by atoms with van der Waals surface area (Å²) in [6.07, 6.45) is 8.93. The van der Waals surface area contributed by atoms with Gasteiger partial charge in [-0.15, -0.1) is 0 Å². The molecule has 118 valence electrons. The Morgan fingerprint density at radius 2 is 2.00 bits per heavy atom. The highest BCUT2D eigenvalue weighted by Crippen LogP contribution is 2.17. The van der Waals surface area contributed by atoms with Crippen LogP contribution in [-0.2, 0) is 5.54 Å². The predicted molar refractivity (Wildman–Crippen MR) is 90.5 cm³/mol. The molecule has 3 rings (SSSR count). The number of fused-ring (bicyclic) bond motifs is 1. The topological polar surface area (TPSA) is 52.2 Å². The number of nitrogens with zero attached hydrogens (tertiary/aromatic N) is 4. The van der Waals surface area contributed by atoms with E-state index in [1.54, 1.807) is 12.2 Å². The molecule has 0 aliphatic rings. The summed E-state index contributed by atoms with van der Waals surface area (Å²) in [4.78, 5) is 16.9. The fourth-order valence-corrected chi connectivity index (χ4v) is 2.33. The average molecular weight is 308 g/mol. The first kappa shape index (κ1) is 15.2. The zero-order valence-corrected chi connectivity index (χ0v) is 13.8. The minimum absolute atomic E-state index is 0.0601. The third-order valence-corrected chi connectivity index (χ3v) is 3.64. The van der Waals surface area contributed by atoms with E-state index in [4.69, 9.17) is 0 Å². The summed E-state index contributed by atoms with van der Waals surface area (Å²) in [5.41, 5.74) is 2.83. The molecule has 0 fully saturated rings. The van der Waals surface area contributed by atoms with Gasteiger partial charge in [0.15, 0.2) is 5.78 Å². The molecule has 5 nitrogen and oxygen atoms in total. The lowest BCUT2D eigenvalue weighted by atomic mass is 10.1. The fourth-order valence-electron chi connectivity index (χ4n) is 2.33. The summed E-state index contributed by atoms with van der Waals surface area (Å²) in [6, 6.07) is 5.81. The molecule has 23 heavy (non-hydrogen) atoms. The lowest BCUT2D eigenvalue weighted by molar-refractivity contribution is 0.104. The highest BCUT2D eigenvalue weighted by Gasteiger charge is 2.18. The highest BCUT2D eigenvalue weighted by molar-refractivity contribution is 6.07. The number of ketones is 1. The van der Waals surface area contributed by atoms with E-state index in [1.165, 1.54) is 0 Å². The van der Waals surface area contributed by atoms with Crippen molar-refractivity contribution in [2.24, 2.45) is 0 Å². The van der Waals surface area contributed by atoms with Crippen molar-refractivity contribution in [3.8, 4) is 0 Å². The molecular weight excluding hydrogens is 288 g/mol. The number of rotatable bonds is 3. The lowest BCUT2D eigenvalue weighted by Crippen LogP contribution is -2.22. The maximum atomic E-state index is 12.4. The second kappa shape index (κ2) is 5.50. The van der Waals surface area contributed by atoms with Gasteiger partial charge in [-0.2, -0.15) is 5.10 Å². The van der Waals surface area contributed by atoms with Gasteiger partial charge in [0.2, 0.25) is 0 Å². The number of carbonyl (C=O) groups is 1. The van der Waals surface area contributed by atoms with E-state index in [0.717, 1.165) is 17.0 Å². The molecule has 5 heteroatoms. The van der Waals surface area contributed by atoms with Crippen molar-refractivity contribution in [1.82, 2.24) is 19.2 Å². The standard InChI is InChI=1S/C18H20N4O/c1-13-15(12-22(20-13)18(2,3)4)16(23)9-8-14-11-21-10-6-5-7-17(21)19-14/h5-12H,1-4H3/b9-8+. The van der Waals surface area contributed by atoms with Crippen molar-refractivity contribution in [1.29, 1.82) is 0 Å². The van der Waals surface area contributed by atoms with Gasteiger partial charge in [-0.3, -0.25) is 9.48 Å². The Labute approximate surface area is 135 Å². The minimum atomic E-state index is -0.144. The van der Waals surface area contributed by atoms with Crippen LogP contribution >= 0.6 is 0 Å². The van der Waals surface area contributed by atoms with Crippen LogP contribution in [0.2, 0.25) is 0 Å². The molecule has 3 aromatic heterocycles. The molecule has 0 bridgehead atoms. The van der Waals surface area contributed by atoms with Crippen LogP contribution in [0.15, 0.2) is 42.9 Å². The van der Waals surface area contributed by atoms with Gasteiger partial charge in [-0.25, -0.2) is 4.98 Å². The van der Waals surface area contributed by atoms with Crippen molar-refractivity contribution in [3.05, 3.63) is 59.8 Å². The van der Waals surface area contributed by atoms with Crippen molar-refractivity contribution < 1.29 is 4.79 Å². The SMILES string of the molecule is Cc1nn(C(C)(C)C)cc1C(=O)/C=C/c1cn2ccccc2n1. The summed E-state index contributed by atoms with van der Waals surface area (Å²) < 4.78 is 3.75. The summed E-state index contributed by atoms with van der Waals surface area (Å²) in [7, 11) is 0. The normalized spacial score (nSPS) is 12.3. The van der Waals surface area contributed by atoms with Gasteiger partial charge < -0.3 is 4.40 Å². The lowest BCUT2D eigenvalue weighted by Gasteiger charge is -2.18. The summed E-state index contributed by atoms with van der Waals surface area (Å²) in [5.74, 6) is -0.0601. The Balaban J connectivity index is 1.85. The zero-order valence-electron chi connectivity index (χ0n) is 13.8. The molecule has 0 saturated heterocycles. The molecule has 0 unspecified atom stereocenters. The number of pyridine rings is 1. The largest absolute Gasteiger partial charge is 0.306 e. The zero-order chi connectivity index (χ0) is 16.6. The van der Waals surface area contributed by atoms with Crippen molar-refractivity contribution in [3.63, 3.8) is 0 Å². The molecule has 0 N–H and O–H groups in total. The van der Waals surface area contributed by atoms with E-state index < -0.39 is 0 Å². The summed E-state index contributed by atoms with van der Waals surface area (Å²) in [5, 5.41) is 4.43. The molecular formula is C18H20N4O. The van der Waals surface area contributed by atoms with Crippen LogP contribution in [0.1, 0.15) is 42.5 Å². The van der Waals surface area contributed by atoms with Crippen LogP contribution < -0.4 is 0 Å². The molecule has 3 heterocycles. The van der Waals surface area contributed by atoms with Gasteiger partial charge in [0.1, 0.15) is 5.65 Å². The second-order valence-corrected chi connectivity index (χ2v) is 6.57. The average Bonchev–Trinajstić information content (AvgIpc) is 3.07. The molecule has 0 aromatic carbocycles. The highest BCUT2D eigenvalue weighted by atomic mass is 16.1. The van der Waals surface area contributed by atoms with E-state index in [-0.39, 0.29) is 11.3 Å². The van der Waals surface area contributed by atoms with E-state index in [1.807, 2.05) is 52.8 Å². The van der Waals surface area contributed by atoms with Gasteiger partial charge in [-0.1, -0.05) is 6.07 Å². The van der Waals surface area contributed by atoms with E-state index >= 15 is 0 Å². The summed E-state index contributed by atoms with van der Waals surface area (Å²) in [6.45, 7) is 8.02. The van der Waals surface area contributed by atoms with Crippen LogP contribution in [0.25, 0.3) is 11.7 Å². The monoisotopic (exact) mass is 308 g/mol. The van der Waals surface area contributed by atoms with Gasteiger partial charge in [0, 0.05) is 18.6 Å². The molecule has 0 atom stereocenters. The Morgan fingerprint density at radius 3 is 2.65 bits per heavy atom. The van der Waals surface area contributed by atoms with Gasteiger partial charge in [0.05, 0.1) is 22.5 Å². The van der Waals surface area contributed by atoms with Crippen LogP contribution in [0.4, 0.5) is 0 Å². The number of hydrogen-bond donors (Lipinski definition) is 0. The van der Waals surface area contributed by atoms with Crippen molar-refractivity contribution in [2.75, 3.05) is 0 Å². The molecule has 0 amide bonds. The van der Waals surface area contributed by atoms with E-state index in [9.17, 15) is 4.79 Å². The predicted octanol–water partition coefficient (Wildman–Crippen LogP) is 3.49. The Bertz CT molecular complexity index is 860. The van der Waals surface area contributed by atoms with Gasteiger partial charge in [-0.05, 0) is 52.0 Å². The Hall–Kier alpha value is -2.69. The molecule has 0 aliphatic heterocycles. The van der Waals surface area contributed by atoms with Crippen LogP contribution in [-0.4, -0.2) is 24.9 Å².